The third kappa shape index (κ3) is 3.94. The number of anilines is 1. The number of benzene rings is 2. The molecule has 0 atom stereocenters. The zero-order valence-electron chi connectivity index (χ0n) is 10.9. The lowest BCUT2D eigenvalue weighted by atomic mass is 10.1. The van der Waals surface area contributed by atoms with Crippen LogP contribution in [-0.4, -0.2) is 17.0 Å². The highest BCUT2D eigenvalue weighted by Crippen LogP contribution is 2.17. The first-order chi connectivity index (χ1) is 10.1. The van der Waals surface area contributed by atoms with Crippen LogP contribution in [0, 0.1) is 0 Å². The van der Waals surface area contributed by atoms with E-state index in [0.717, 1.165) is 0 Å². The largest absolute Gasteiger partial charge is 0.478 e. The fourth-order valence-electron chi connectivity index (χ4n) is 1.73. The highest BCUT2D eigenvalue weighted by molar-refractivity contribution is 6.32. The van der Waals surface area contributed by atoms with Gasteiger partial charge in [-0.2, -0.15) is 0 Å². The molecular weight excluding hydrogens is 290 g/mol. The lowest BCUT2D eigenvalue weighted by molar-refractivity contribution is -0.111. The maximum Gasteiger partial charge on any atom is 0.337 e. The first kappa shape index (κ1) is 14.8. The van der Waals surface area contributed by atoms with Crippen molar-refractivity contribution < 1.29 is 14.7 Å². The van der Waals surface area contributed by atoms with Crippen molar-refractivity contribution in [1.29, 1.82) is 0 Å². The predicted molar refractivity (Wildman–Crippen MR) is 82.5 cm³/mol. The third-order valence-corrected chi connectivity index (χ3v) is 3.08. The highest BCUT2D eigenvalue weighted by atomic mass is 35.5. The molecule has 0 aromatic heterocycles. The van der Waals surface area contributed by atoms with Crippen LogP contribution in [-0.2, 0) is 4.79 Å². The maximum atomic E-state index is 11.8. The summed E-state index contributed by atoms with van der Waals surface area (Å²) in [6.07, 6.45) is 2.88. The lowest BCUT2D eigenvalue weighted by Crippen LogP contribution is -2.11. The quantitative estimate of drug-likeness (QED) is 0.846. The van der Waals surface area contributed by atoms with Crippen molar-refractivity contribution in [3.8, 4) is 0 Å². The average molecular weight is 302 g/mol. The fourth-order valence-corrected chi connectivity index (χ4v) is 1.93. The molecule has 1 amide bonds. The number of amides is 1. The highest BCUT2D eigenvalue weighted by Gasteiger charge is 2.10. The molecule has 2 N–H and O–H groups in total. The van der Waals surface area contributed by atoms with Crippen molar-refractivity contribution in [1.82, 2.24) is 0 Å². The number of carbonyl (C=O) groups excluding carboxylic acids is 1. The average Bonchev–Trinajstić information content (AvgIpc) is 2.47. The number of carbonyl (C=O) groups is 2. The second-order valence-corrected chi connectivity index (χ2v) is 4.60. The standard InChI is InChI=1S/C16H12ClNO3/c17-13-7-3-1-5-11(13)9-10-15(19)18-14-8-4-2-6-12(14)16(20)21/h1-10H,(H,18,19)(H,20,21)/b10-9+. The van der Waals surface area contributed by atoms with Gasteiger partial charge >= 0.3 is 5.97 Å². The van der Waals surface area contributed by atoms with E-state index in [4.69, 9.17) is 16.7 Å². The van der Waals surface area contributed by atoms with Crippen molar-refractivity contribution in [3.63, 3.8) is 0 Å². The summed E-state index contributed by atoms with van der Waals surface area (Å²) in [6.45, 7) is 0. The molecule has 0 aliphatic rings. The van der Waals surface area contributed by atoms with Gasteiger partial charge in [0.05, 0.1) is 11.3 Å². The minimum atomic E-state index is -1.10. The molecule has 0 radical (unpaired) electrons. The Balaban J connectivity index is 2.13. The molecule has 0 spiro atoms. The molecular formula is C16H12ClNO3. The Hall–Kier alpha value is -2.59. The van der Waals surface area contributed by atoms with Gasteiger partial charge in [-0.15, -0.1) is 0 Å². The normalized spacial score (nSPS) is 10.5. The predicted octanol–water partition coefficient (Wildman–Crippen LogP) is 3.69. The van der Waals surface area contributed by atoms with E-state index in [9.17, 15) is 9.59 Å². The van der Waals surface area contributed by atoms with Crippen molar-refractivity contribution in [2.24, 2.45) is 0 Å². The Kier molecular flexibility index (Phi) is 4.74. The smallest absolute Gasteiger partial charge is 0.337 e. The van der Waals surface area contributed by atoms with E-state index in [0.29, 0.717) is 10.6 Å². The summed E-state index contributed by atoms with van der Waals surface area (Å²) < 4.78 is 0. The van der Waals surface area contributed by atoms with E-state index in [2.05, 4.69) is 5.32 Å². The fraction of sp³-hybridized carbons (Fsp3) is 0. The molecule has 2 rings (SSSR count). The number of rotatable bonds is 4. The number of hydrogen-bond acceptors (Lipinski definition) is 2. The molecule has 21 heavy (non-hydrogen) atoms. The van der Waals surface area contributed by atoms with Crippen LogP contribution < -0.4 is 5.32 Å². The Bertz CT molecular complexity index is 710. The van der Waals surface area contributed by atoms with E-state index in [-0.39, 0.29) is 11.3 Å². The molecule has 0 unspecified atom stereocenters. The van der Waals surface area contributed by atoms with Crippen molar-refractivity contribution >= 4 is 35.2 Å². The van der Waals surface area contributed by atoms with Gasteiger partial charge in [0.15, 0.2) is 0 Å². The topological polar surface area (TPSA) is 66.4 Å². The second kappa shape index (κ2) is 6.72. The number of aromatic carboxylic acids is 1. The van der Waals surface area contributed by atoms with E-state index in [1.165, 1.54) is 18.2 Å². The monoisotopic (exact) mass is 301 g/mol. The summed E-state index contributed by atoms with van der Waals surface area (Å²) in [6, 6.07) is 13.3. The van der Waals surface area contributed by atoms with Crippen LogP contribution in [0.2, 0.25) is 5.02 Å². The zero-order valence-corrected chi connectivity index (χ0v) is 11.7. The van der Waals surface area contributed by atoms with Gasteiger partial charge in [-0.05, 0) is 29.8 Å². The molecule has 0 saturated carbocycles. The summed E-state index contributed by atoms with van der Waals surface area (Å²) in [4.78, 5) is 22.9. The number of carboxylic acids is 1. The minimum absolute atomic E-state index is 0.0389. The first-order valence-electron chi connectivity index (χ1n) is 6.14. The van der Waals surface area contributed by atoms with Crippen molar-refractivity contribution in [3.05, 3.63) is 70.8 Å². The Morgan fingerprint density at radius 3 is 2.43 bits per heavy atom. The minimum Gasteiger partial charge on any atom is -0.478 e. The molecule has 0 bridgehead atoms. The summed E-state index contributed by atoms with van der Waals surface area (Å²) in [7, 11) is 0. The maximum absolute atomic E-state index is 11.8. The van der Waals surface area contributed by atoms with Crippen LogP contribution in [0.15, 0.2) is 54.6 Å². The molecule has 106 valence electrons. The second-order valence-electron chi connectivity index (χ2n) is 4.19. The van der Waals surface area contributed by atoms with Crippen LogP contribution in [0.1, 0.15) is 15.9 Å². The lowest BCUT2D eigenvalue weighted by Gasteiger charge is -2.05. The van der Waals surface area contributed by atoms with E-state index >= 15 is 0 Å². The number of carboxylic acid groups (broad SMARTS) is 1. The number of nitrogens with one attached hydrogen (secondary N) is 1. The van der Waals surface area contributed by atoms with E-state index in [1.54, 1.807) is 36.4 Å². The summed E-state index contributed by atoms with van der Waals surface area (Å²) in [5.74, 6) is -1.52. The first-order valence-corrected chi connectivity index (χ1v) is 6.51. The van der Waals surface area contributed by atoms with Gasteiger partial charge in [0.25, 0.3) is 0 Å². The van der Waals surface area contributed by atoms with Crippen LogP contribution in [0.4, 0.5) is 5.69 Å². The van der Waals surface area contributed by atoms with Gasteiger partial charge in [-0.3, -0.25) is 4.79 Å². The molecule has 0 saturated heterocycles. The molecule has 0 aliphatic carbocycles. The third-order valence-electron chi connectivity index (χ3n) is 2.73. The van der Waals surface area contributed by atoms with Crippen molar-refractivity contribution in [2.45, 2.75) is 0 Å². The molecule has 0 fully saturated rings. The summed E-state index contributed by atoms with van der Waals surface area (Å²) in [5, 5.41) is 12.1. The van der Waals surface area contributed by atoms with Gasteiger partial charge in [0.2, 0.25) is 5.91 Å². The zero-order chi connectivity index (χ0) is 15.2. The Morgan fingerprint density at radius 1 is 1.05 bits per heavy atom. The molecule has 2 aromatic rings. The number of halogens is 1. The summed E-state index contributed by atoms with van der Waals surface area (Å²) >= 11 is 5.97. The SMILES string of the molecule is O=C(/C=C/c1ccccc1Cl)Nc1ccccc1C(=O)O. The molecule has 0 aliphatic heterocycles. The Morgan fingerprint density at radius 2 is 1.71 bits per heavy atom. The Labute approximate surface area is 126 Å². The van der Waals surface area contributed by atoms with Gasteiger partial charge in [0, 0.05) is 11.1 Å². The van der Waals surface area contributed by atoms with Gasteiger partial charge in [-0.1, -0.05) is 41.9 Å². The van der Waals surface area contributed by atoms with E-state index < -0.39 is 11.9 Å². The van der Waals surface area contributed by atoms with E-state index in [1.807, 2.05) is 6.07 Å². The molecule has 0 heterocycles. The van der Waals surface area contributed by atoms with Crippen LogP contribution in [0.5, 0.6) is 0 Å². The van der Waals surface area contributed by atoms with Crippen LogP contribution in [0.25, 0.3) is 6.08 Å². The van der Waals surface area contributed by atoms with Gasteiger partial charge in [-0.25, -0.2) is 4.79 Å². The number of hydrogen-bond donors (Lipinski definition) is 2. The van der Waals surface area contributed by atoms with Crippen molar-refractivity contribution in [2.75, 3.05) is 5.32 Å². The van der Waals surface area contributed by atoms with Gasteiger partial charge < -0.3 is 10.4 Å². The molecule has 4 nitrogen and oxygen atoms in total. The molecule has 2 aromatic carbocycles. The van der Waals surface area contributed by atoms with Crippen LogP contribution in [0.3, 0.4) is 0 Å². The summed E-state index contributed by atoms with van der Waals surface area (Å²) in [5.41, 5.74) is 0.997. The van der Waals surface area contributed by atoms with Crippen LogP contribution >= 0.6 is 11.6 Å². The number of para-hydroxylation sites is 1. The van der Waals surface area contributed by atoms with Gasteiger partial charge in [0.1, 0.15) is 0 Å². The molecule has 5 heteroatoms.